The highest BCUT2D eigenvalue weighted by Gasteiger charge is 2.39. The molecule has 2 rings (SSSR count). The molecule has 106 valence electrons. The van der Waals surface area contributed by atoms with Gasteiger partial charge < -0.3 is 19.3 Å². The Bertz CT molecular complexity index is 402. The van der Waals surface area contributed by atoms with Crippen LogP contribution in [0.3, 0.4) is 0 Å². The molecule has 0 bridgehead atoms. The van der Waals surface area contributed by atoms with Gasteiger partial charge in [-0.25, -0.2) is 0 Å². The Morgan fingerprint density at radius 1 is 1.21 bits per heavy atom. The molecule has 2 unspecified atom stereocenters. The van der Waals surface area contributed by atoms with E-state index in [2.05, 4.69) is 0 Å². The molecule has 0 aromatic heterocycles. The molecule has 1 fully saturated rings. The maximum Gasteiger partial charge on any atom is 0.128 e. The third kappa shape index (κ3) is 2.69. The summed E-state index contributed by atoms with van der Waals surface area (Å²) in [7, 11) is 3.18. The molecule has 1 aliphatic rings. The lowest BCUT2D eigenvalue weighted by atomic mass is 9.85. The van der Waals surface area contributed by atoms with Gasteiger partial charge in [-0.05, 0) is 38.3 Å². The highest BCUT2D eigenvalue weighted by Crippen LogP contribution is 2.43. The molecule has 1 aromatic carbocycles. The van der Waals surface area contributed by atoms with Gasteiger partial charge in [-0.3, -0.25) is 0 Å². The van der Waals surface area contributed by atoms with E-state index in [1.54, 1.807) is 14.2 Å². The van der Waals surface area contributed by atoms with E-state index in [9.17, 15) is 5.11 Å². The third-order valence-electron chi connectivity index (χ3n) is 3.82. The Morgan fingerprint density at radius 2 is 1.84 bits per heavy atom. The number of aliphatic hydroxyl groups excluding tert-OH is 1. The van der Waals surface area contributed by atoms with Crippen LogP contribution >= 0.6 is 0 Å². The molecule has 1 heterocycles. The Morgan fingerprint density at radius 3 is 2.32 bits per heavy atom. The summed E-state index contributed by atoms with van der Waals surface area (Å²) in [5.74, 6) is 1.25. The first-order valence-electron chi connectivity index (χ1n) is 6.65. The van der Waals surface area contributed by atoms with Crippen molar-refractivity contribution in [2.75, 3.05) is 20.8 Å². The Labute approximate surface area is 114 Å². The molecule has 0 spiro atoms. The normalized spacial score (nSPS) is 24.8. The largest absolute Gasteiger partial charge is 0.496 e. The first-order valence-corrected chi connectivity index (χ1v) is 6.65. The standard InChI is InChI=1S/C15H22O4/c1-15(9-4-5-10-19-15)14(16)13-11(17-2)7-6-8-12(13)18-3/h6-8,14,16H,4-5,9-10H2,1-3H3. The van der Waals surface area contributed by atoms with Gasteiger partial charge in [0.25, 0.3) is 0 Å². The molecule has 1 saturated heterocycles. The van der Waals surface area contributed by atoms with Crippen molar-refractivity contribution in [3.8, 4) is 11.5 Å². The number of rotatable bonds is 4. The summed E-state index contributed by atoms with van der Waals surface area (Å²) in [4.78, 5) is 0. The van der Waals surface area contributed by atoms with Gasteiger partial charge >= 0.3 is 0 Å². The second-order valence-electron chi connectivity index (χ2n) is 5.10. The zero-order valence-corrected chi connectivity index (χ0v) is 11.8. The van der Waals surface area contributed by atoms with Gasteiger partial charge in [0.15, 0.2) is 0 Å². The molecule has 19 heavy (non-hydrogen) atoms. The van der Waals surface area contributed by atoms with Crippen LogP contribution in [0, 0.1) is 0 Å². The van der Waals surface area contributed by atoms with Crippen LogP contribution < -0.4 is 9.47 Å². The molecule has 0 saturated carbocycles. The summed E-state index contributed by atoms with van der Waals surface area (Å²) >= 11 is 0. The van der Waals surface area contributed by atoms with E-state index in [0.29, 0.717) is 23.7 Å². The number of hydrogen-bond donors (Lipinski definition) is 1. The van der Waals surface area contributed by atoms with Crippen molar-refractivity contribution in [1.29, 1.82) is 0 Å². The first kappa shape index (κ1) is 14.2. The van der Waals surface area contributed by atoms with Crippen LogP contribution in [0.2, 0.25) is 0 Å². The Kier molecular flexibility index (Phi) is 4.32. The minimum absolute atomic E-state index is 0.583. The summed E-state index contributed by atoms with van der Waals surface area (Å²) in [6.07, 6.45) is 2.17. The van der Waals surface area contributed by atoms with Gasteiger partial charge in [-0.2, -0.15) is 0 Å². The topological polar surface area (TPSA) is 47.9 Å². The van der Waals surface area contributed by atoms with Crippen LogP contribution in [0.5, 0.6) is 11.5 Å². The lowest BCUT2D eigenvalue weighted by Gasteiger charge is -2.38. The quantitative estimate of drug-likeness (QED) is 0.910. The Hall–Kier alpha value is -1.26. The fraction of sp³-hybridized carbons (Fsp3) is 0.600. The second-order valence-corrected chi connectivity index (χ2v) is 5.10. The molecule has 1 aliphatic heterocycles. The van der Waals surface area contributed by atoms with E-state index in [-0.39, 0.29) is 0 Å². The van der Waals surface area contributed by atoms with E-state index in [1.165, 1.54) is 0 Å². The van der Waals surface area contributed by atoms with Gasteiger partial charge in [-0.15, -0.1) is 0 Å². The van der Waals surface area contributed by atoms with Crippen LogP contribution in [-0.4, -0.2) is 31.5 Å². The van der Waals surface area contributed by atoms with Gasteiger partial charge in [0.05, 0.1) is 25.4 Å². The van der Waals surface area contributed by atoms with Crippen LogP contribution in [0.25, 0.3) is 0 Å². The number of aliphatic hydroxyl groups is 1. The smallest absolute Gasteiger partial charge is 0.128 e. The Balaban J connectivity index is 2.39. The van der Waals surface area contributed by atoms with E-state index < -0.39 is 11.7 Å². The van der Waals surface area contributed by atoms with E-state index in [0.717, 1.165) is 19.3 Å². The minimum Gasteiger partial charge on any atom is -0.496 e. The predicted molar refractivity (Wildman–Crippen MR) is 72.7 cm³/mol. The minimum atomic E-state index is -0.765. The van der Waals surface area contributed by atoms with Crippen molar-refractivity contribution in [1.82, 2.24) is 0 Å². The lowest BCUT2D eigenvalue weighted by Crippen LogP contribution is -2.39. The average Bonchev–Trinajstić information content (AvgIpc) is 2.46. The van der Waals surface area contributed by atoms with E-state index >= 15 is 0 Å². The highest BCUT2D eigenvalue weighted by molar-refractivity contribution is 5.47. The van der Waals surface area contributed by atoms with Gasteiger partial charge in [0.2, 0.25) is 0 Å². The predicted octanol–water partition coefficient (Wildman–Crippen LogP) is 2.70. The van der Waals surface area contributed by atoms with Crippen molar-refractivity contribution in [2.45, 2.75) is 37.9 Å². The number of methoxy groups -OCH3 is 2. The van der Waals surface area contributed by atoms with Crippen LogP contribution in [0.4, 0.5) is 0 Å². The summed E-state index contributed by atoms with van der Waals surface area (Å²) in [6.45, 7) is 2.63. The summed E-state index contributed by atoms with van der Waals surface area (Å²) < 4.78 is 16.5. The molecule has 1 aromatic rings. The van der Waals surface area contributed by atoms with Crippen molar-refractivity contribution in [3.05, 3.63) is 23.8 Å². The fourth-order valence-electron chi connectivity index (χ4n) is 2.63. The molecule has 1 N–H and O–H groups in total. The van der Waals surface area contributed by atoms with Crippen molar-refractivity contribution >= 4 is 0 Å². The van der Waals surface area contributed by atoms with Crippen molar-refractivity contribution < 1.29 is 19.3 Å². The molecule has 2 atom stereocenters. The zero-order chi connectivity index (χ0) is 13.9. The summed E-state index contributed by atoms with van der Waals surface area (Å²) in [5, 5.41) is 10.7. The van der Waals surface area contributed by atoms with Gasteiger partial charge in [-0.1, -0.05) is 6.07 Å². The molecule has 4 heteroatoms. The SMILES string of the molecule is COc1cccc(OC)c1C(O)C1(C)CCCCO1. The van der Waals surface area contributed by atoms with Crippen LogP contribution in [0.15, 0.2) is 18.2 Å². The monoisotopic (exact) mass is 266 g/mol. The number of ether oxygens (including phenoxy) is 3. The van der Waals surface area contributed by atoms with Crippen LogP contribution in [0.1, 0.15) is 37.9 Å². The zero-order valence-electron chi connectivity index (χ0n) is 11.8. The first-order chi connectivity index (χ1) is 9.12. The number of hydrogen-bond acceptors (Lipinski definition) is 4. The molecule has 0 aliphatic carbocycles. The summed E-state index contributed by atoms with van der Waals surface area (Å²) in [6, 6.07) is 5.50. The van der Waals surface area contributed by atoms with Crippen molar-refractivity contribution in [2.24, 2.45) is 0 Å². The van der Waals surface area contributed by atoms with Gasteiger partial charge in [0, 0.05) is 6.61 Å². The lowest BCUT2D eigenvalue weighted by molar-refractivity contribution is -0.139. The highest BCUT2D eigenvalue weighted by atomic mass is 16.5. The molecule has 0 amide bonds. The third-order valence-corrected chi connectivity index (χ3v) is 3.82. The van der Waals surface area contributed by atoms with E-state index in [1.807, 2.05) is 25.1 Å². The maximum absolute atomic E-state index is 10.7. The molecular formula is C15H22O4. The molecule has 4 nitrogen and oxygen atoms in total. The van der Waals surface area contributed by atoms with Crippen molar-refractivity contribution in [3.63, 3.8) is 0 Å². The van der Waals surface area contributed by atoms with E-state index in [4.69, 9.17) is 14.2 Å². The average molecular weight is 266 g/mol. The van der Waals surface area contributed by atoms with Crippen LogP contribution in [-0.2, 0) is 4.74 Å². The molecule has 0 radical (unpaired) electrons. The second kappa shape index (κ2) is 5.80. The maximum atomic E-state index is 10.7. The fourth-order valence-corrected chi connectivity index (χ4v) is 2.63. The summed E-state index contributed by atoms with van der Waals surface area (Å²) in [5.41, 5.74) is 0.0806. The van der Waals surface area contributed by atoms with Gasteiger partial charge in [0.1, 0.15) is 17.6 Å². The number of benzene rings is 1. The molecular weight excluding hydrogens is 244 g/mol.